The molecular formula is C16H16F2N2O2. The first-order chi connectivity index (χ1) is 10.5. The number of rotatable bonds is 6. The third-order valence-electron chi connectivity index (χ3n) is 2.96. The van der Waals surface area contributed by atoms with Crippen molar-refractivity contribution in [2.24, 2.45) is 0 Å². The number of hydrogen-bond donors (Lipinski definition) is 0. The van der Waals surface area contributed by atoms with Crippen LogP contribution in [0.2, 0.25) is 0 Å². The van der Waals surface area contributed by atoms with E-state index in [1.165, 1.54) is 24.4 Å². The molecule has 0 atom stereocenters. The molecule has 0 saturated carbocycles. The summed E-state index contributed by atoms with van der Waals surface area (Å²) in [5.74, 6) is -0.224. The summed E-state index contributed by atoms with van der Waals surface area (Å²) in [6, 6.07) is 6.44. The molecule has 0 amide bonds. The van der Waals surface area contributed by atoms with E-state index in [-0.39, 0.29) is 17.6 Å². The molecule has 0 bridgehead atoms. The lowest BCUT2D eigenvalue weighted by Crippen LogP contribution is -2.03. The van der Waals surface area contributed by atoms with Gasteiger partial charge in [0, 0.05) is 17.8 Å². The topological polar surface area (TPSA) is 44.1 Å². The van der Waals surface area contributed by atoms with Crippen molar-refractivity contribution in [3.63, 3.8) is 0 Å². The zero-order chi connectivity index (χ0) is 16.1. The number of allylic oxidation sites excluding steroid dienone is 1. The number of ketones is 1. The lowest BCUT2D eigenvalue weighted by molar-refractivity contribution is -0.0499. The van der Waals surface area contributed by atoms with Crippen molar-refractivity contribution in [1.29, 1.82) is 0 Å². The van der Waals surface area contributed by atoms with Gasteiger partial charge in [-0.1, -0.05) is 18.2 Å². The van der Waals surface area contributed by atoms with Crippen LogP contribution < -0.4 is 4.74 Å². The second-order valence-electron chi connectivity index (χ2n) is 4.92. The van der Waals surface area contributed by atoms with Crippen molar-refractivity contribution in [3.8, 4) is 5.75 Å². The average Bonchev–Trinajstić information content (AvgIpc) is 2.95. The summed E-state index contributed by atoms with van der Waals surface area (Å²) in [6.45, 7) is 0.999. The van der Waals surface area contributed by atoms with Crippen molar-refractivity contribution in [1.82, 2.24) is 9.78 Å². The number of halogens is 2. The fraction of sp³-hybridized carbons (Fsp3) is 0.250. The number of alkyl halides is 2. The third-order valence-corrected chi connectivity index (χ3v) is 2.96. The fourth-order valence-electron chi connectivity index (χ4n) is 1.83. The van der Waals surface area contributed by atoms with Crippen molar-refractivity contribution in [2.75, 3.05) is 0 Å². The van der Waals surface area contributed by atoms with Crippen LogP contribution in [0.1, 0.15) is 35.8 Å². The van der Waals surface area contributed by atoms with Gasteiger partial charge in [0.25, 0.3) is 0 Å². The second-order valence-corrected chi connectivity index (χ2v) is 4.92. The van der Waals surface area contributed by atoms with E-state index < -0.39 is 6.61 Å². The summed E-state index contributed by atoms with van der Waals surface area (Å²) in [5.41, 5.74) is 0.851. The van der Waals surface area contributed by atoms with Crippen LogP contribution in [0.25, 0.3) is 6.08 Å². The third kappa shape index (κ3) is 4.00. The molecular weight excluding hydrogens is 290 g/mol. The van der Waals surface area contributed by atoms with Gasteiger partial charge in [-0.3, -0.25) is 9.48 Å². The van der Waals surface area contributed by atoms with Crippen LogP contribution >= 0.6 is 0 Å². The predicted molar refractivity (Wildman–Crippen MR) is 79.1 cm³/mol. The number of hydrogen-bond acceptors (Lipinski definition) is 3. The van der Waals surface area contributed by atoms with E-state index in [1.54, 1.807) is 29.1 Å². The molecule has 22 heavy (non-hydrogen) atoms. The van der Waals surface area contributed by atoms with Gasteiger partial charge in [0.2, 0.25) is 0 Å². The molecule has 2 rings (SSSR count). The lowest BCUT2D eigenvalue weighted by Gasteiger charge is -2.07. The van der Waals surface area contributed by atoms with Crippen LogP contribution in [-0.2, 0) is 0 Å². The molecule has 0 aliphatic heterocycles. The summed E-state index contributed by atoms with van der Waals surface area (Å²) >= 11 is 0. The van der Waals surface area contributed by atoms with Gasteiger partial charge < -0.3 is 4.74 Å². The van der Waals surface area contributed by atoms with Crippen LogP contribution in [-0.4, -0.2) is 22.2 Å². The maximum absolute atomic E-state index is 12.3. The molecule has 0 unspecified atom stereocenters. The van der Waals surface area contributed by atoms with Gasteiger partial charge in [-0.05, 0) is 32.1 Å². The highest BCUT2D eigenvalue weighted by Crippen LogP contribution is 2.21. The standard InChI is InChI=1S/C16H16F2N2O2/c1-11(2)20-10-13(9-19-20)14(21)8-7-12-5-3-4-6-15(12)22-16(17)18/h3-11,16H,1-2H3. The van der Waals surface area contributed by atoms with Gasteiger partial charge in [0.1, 0.15) is 5.75 Å². The molecule has 116 valence electrons. The van der Waals surface area contributed by atoms with Gasteiger partial charge in [-0.2, -0.15) is 13.9 Å². The Bertz CT molecular complexity index is 678. The van der Waals surface area contributed by atoms with Gasteiger partial charge >= 0.3 is 6.61 Å². The average molecular weight is 306 g/mol. The van der Waals surface area contributed by atoms with Gasteiger partial charge in [0.15, 0.2) is 5.78 Å². The van der Waals surface area contributed by atoms with Crippen molar-refractivity contribution in [3.05, 3.63) is 53.9 Å². The Morgan fingerprint density at radius 3 is 2.68 bits per heavy atom. The number of nitrogens with zero attached hydrogens (tertiary/aromatic N) is 2. The number of benzene rings is 1. The van der Waals surface area contributed by atoms with Crippen LogP contribution in [0.15, 0.2) is 42.7 Å². The van der Waals surface area contributed by atoms with Crippen LogP contribution in [0.5, 0.6) is 5.75 Å². The molecule has 2 aromatic rings. The molecule has 4 nitrogen and oxygen atoms in total. The van der Waals surface area contributed by atoms with Crippen LogP contribution in [0.4, 0.5) is 8.78 Å². The molecule has 0 spiro atoms. The summed E-state index contributed by atoms with van der Waals surface area (Å²) in [6.07, 6.45) is 5.90. The monoisotopic (exact) mass is 306 g/mol. The molecule has 0 radical (unpaired) electrons. The normalized spacial score (nSPS) is 11.5. The first-order valence-electron chi connectivity index (χ1n) is 6.78. The van der Waals surface area contributed by atoms with E-state index in [4.69, 9.17) is 0 Å². The van der Waals surface area contributed by atoms with Gasteiger partial charge in [-0.15, -0.1) is 0 Å². The molecule has 0 saturated heterocycles. The summed E-state index contributed by atoms with van der Waals surface area (Å²) in [5, 5.41) is 4.09. The van der Waals surface area contributed by atoms with E-state index in [0.29, 0.717) is 11.1 Å². The Kier molecular flexibility index (Phi) is 5.04. The number of carbonyl (C=O) groups excluding carboxylic acids is 1. The Morgan fingerprint density at radius 1 is 1.32 bits per heavy atom. The van der Waals surface area contributed by atoms with Gasteiger partial charge in [0.05, 0.1) is 11.8 Å². The summed E-state index contributed by atoms with van der Waals surface area (Å²) < 4.78 is 30.7. The van der Waals surface area contributed by atoms with E-state index in [0.717, 1.165) is 0 Å². The second kappa shape index (κ2) is 6.98. The first kappa shape index (κ1) is 15.9. The Labute approximate surface area is 127 Å². The number of ether oxygens (including phenoxy) is 1. The quantitative estimate of drug-likeness (QED) is 0.599. The van der Waals surface area contributed by atoms with Crippen molar-refractivity contribution >= 4 is 11.9 Å². The van der Waals surface area contributed by atoms with Crippen LogP contribution in [0, 0.1) is 0 Å². The molecule has 6 heteroatoms. The maximum Gasteiger partial charge on any atom is 0.387 e. The zero-order valence-corrected chi connectivity index (χ0v) is 12.2. The summed E-state index contributed by atoms with van der Waals surface area (Å²) in [4.78, 5) is 12.1. The van der Waals surface area contributed by atoms with E-state index >= 15 is 0 Å². The largest absolute Gasteiger partial charge is 0.434 e. The first-order valence-corrected chi connectivity index (χ1v) is 6.78. The van der Waals surface area contributed by atoms with Crippen LogP contribution in [0.3, 0.4) is 0 Å². The minimum Gasteiger partial charge on any atom is -0.434 e. The lowest BCUT2D eigenvalue weighted by atomic mass is 10.1. The molecule has 0 aliphatic carbocycles. The molecule has 1 heterocycles. The van der Waals surface area contributed by atoms with E-state index in [1.807, 2.05) is 13.8 Å². The van der Waals surface area contributed by atoms with E-state index in [9.17, 15) is 13.6 Å². The minimum atomic E-state index is -2.91. The molecule has 0 aliphatic rings. The highest BCUT2D eigenvalue weighted by atomic mass is 19.3. The number of aromatic nitrogens is 2. The molecule has 0 fully saturated rings. The highest BCUT2D eigenvalue weighted by molar-refractivity contribution is 6.06. The van der Waals surface area contributed by atoms with Gasteiger partial charge in [-0.25, -0.2) is 0 Å². The molecule has 0 N–H and O–H groups in total. The van der Waals surface area contributed by atoms with E-state index in [2.05, 4.69) is 9.84 Å². The smallest absolute Gasteiger partial charge is 0.387 e. The molecule has 1 aromatic heterocycles. The maximum atomic E-state index is 12.3. The number of para-hydroxylation sites is 1. The van der Waals surface area contributed by atoms with Crippen molar-refractivity contribution in [2.45, 2.75) is 26.5 Å². The Hall–Kier alpha value is -2.50. The Balaban J connectivity index is 2.15. The SMILES string of the molecule is CC(C)n1cc(C(=O)C=Cc2ccccc2OC(F)F)cn1. The zero-order valence-electron chi connectivity index (χ0n) is 12.2. The Morgan fingerprint density at radius 2 is 2.05 bits per heavy atom. The summed E-state index contributed by atoms with van der Waals surface area (Å²) in [7, 11) is 0. The number of carbonyl (C=O) groups is 1. The highest BCUT2D eigenvalue weighted by Gasteiger charge is 2.09. The predicted octanol–water partition coefficient (Wildman–Crippen LogP) is 3.96. The fourth-order valence-corrected chi connectivity index (χ4v) is 1.83. The van der Waals surface area contributed by atoms with Crippen molar-refractivity contribution < 1.29 is 18.3 Å². The molecule has 1 aromatic carbocycles. The minimum absolute atomic E-state index is 0.0272.